The quantitative estimate of drug-likeness (QED) is 0.843. The molecule has 2 aromatic rings. The van der Waals surface area contributed by atoms with Gasteiger partial charge in [-0.15, -0.1) is 0 Å². The second-order valence-electron chi connectivity index (χ2n) is 5.00. The fourth-order valence-corrected chi connectivity index (χ4v) is 2.41. The molecule has 6 nitrogen and oxygen atoms in total. The van der Waals surface area contributed by atoms with Crippen LogP contribution in [0.2, 0.25) is 5.02 Å². The van der Waals surface area contributed by atoms with Crippen LogP contribution in [-0.4, -0.2) is 24.8 Å². The van der Waals surface area contributed by atoms with Crippen LogP contribution >= 0.6 is 11.6 Å². The van der Waals surface area contributed by atoms with E-state index in [0.29, 0.717) is 28.9 Å². The molecule has 1 aliphatic rings. The van der Waals surface area contributed by atoms with Crippen LogP contribution in [0.3, 0.4) is 0 Å². The molecule has 0 aliphatic carbocycles. The number of carbonyl (C=O) groups excluding carboxylic acids is 1. The number of amides is 1. The van der Waals surface area contributed by atoms with Gasteiger partial charge < -0.3 is 19.5 Å². The number of nitrogens with one attached hydrogen (secondary N) is 1. The first-order valence-corrected chi connectivity index (χ1v) is 7.57. The number of methoxy groups -OCH3 is 1. The molecule has 0 spiro atoms. The summed E-state index contributed by atoms with van der Waals surface area (Å²) in [6.07, 6.45) is 4.75. The molecule has 0 saturated carbocycles. The van der Waals surface area contributed by atoms with Crippen molar-refractivity contribution in [1.82, 2.24) is 10.3 Å². The van der Waals surface area contributed by atoms with Crippen molar-refractivity contribution in [1.29, 1.82) is 0 Å². The minimum absolute atomic E-state index is 0.151. The number of aromatic nitrogens is 1. The first-order valence-electron chi connectivity index (χ1n) is 7.19. The summed E-state index contributed by atoms with van der Waals surface area (Å²) in [7, 11) is 1.55. The minimum Gasteiger partial charge on any atom is -0.481 e. The van der Waals surface area contributed by atoms with Crippen molar-refractivity contribution in [2.75, 3.05) is 13.9 Å². The number of carbonyl (C=O) groups is 1. The van der Waals surface area contributed by atoms with Crippen molar-refractivity contribution in [2.24, 2.45) is 0 Å². The Morgan fingerprint density at radius 2 is 2.29 bits per heavy atom. The molecule has 0 unspecified atom stereocenters. The average Bonchev–Trinajstić information content (AvgIpc) is 3.08. The molecular formula is C17H15ClN2O4. The number of rotatable bonds is 5. The number of halogens is 1. The lowest BCUT2D eigenvalue weighted by molar-refractivity contribution is -0.116. The van der Waals surface area contributed by atoms with Gasteiger partial charge in [0.05, 0.1) is 12.1 Å². The van der Waals surface area contributed by atoms with Crippen molar-refractivity contribution >= 4 is 23.6 Å². The third kappa shape index (κ3) is 3.78. The summed E-state index contributed by atoms with van der Waals surface area (Å²) in [4.78, 5) is 16.0. The minimum atomic E-state index is -0.223. The van der Waals surface area contributed by atoms with Gasteiger partial charge in [0.25, 0.3) is 0 Å². The van der Waals surface area contributed by atoms with Gasteiger partial charge in [0, 0.05) is 24.9 Å². The summed E-state index contributed by atoms with van der Waals surface area (Å²) >= 11 is 6.10. The Kier molecular flexibility index (Phi) is 4.86. The standard InChI is InChI=1S/C17H15ClN2O4/c1-22-16-5-3-12(9-20-16)8-19-15(21)4-2-11-6-13(18)17-14(7-11)23-10-24-17/h2-7,9H,8,10H2,1H3,(H,19,21)/b4-2+. The lowest BCUT2D eigenvalue weighted by atomic mass is 10.2. The molecule has 0 radical (unpaired) electrons. The highest BCUT2D eigenvalue weighted by Gasteiger charge is 2.17. The number of hydrogen-bond donors (Lipinski definition) is 1. The van der Waals surface area contributed by atoms with E-state index in [-0.39, 0.29) is 12.7 Å². The highest BCUT2D eigenvalue weighted by Crippen LogP contribution is 2.40. The third-order valence-corrected chi connectivity index (χ3v) is 3.63. The van der Waals surface area contributed by atoms with E-state index in [9.17, 15) is 4.79 Å². The van der Waals surface area contributed by atoms with Crippen molar-refractivity contribution in [3.8, 4) is 17.4 Å². The van der Waals surface area contributed by atoms with Crippen LogP contribution in [0, 0.1) is 0 Å². The van der Waals surface area contributed by atoms with E-state index in [1.165, 1.54) is 6.08 Å². The van der Waals surface area contributed by atoms with Gasteiger partial charge in [-0.1, -0.05) is 17.7 Å². The molecule has 7 heteroatoms. The summed E-state index contributed by atoms with van der Waals surface area (Å²) in [5, 5.41) is 3.23. The summed E-state index contributed by atoms with van der Waals surface area (Å²) in [6.45, 7) is 0.528. The molecule has 124 valence electrons. The monoisotopic (exact) mass is 346 g/mol. The fourth-order valence-electron chi connectivity index (χ4n) is 2.14. The zero-order chi connectivity index (χ0) is 16.9. The Morgan fingerprint density at radius 1 is 1.42 bits per heavy atom. The van der Waals surface area contributed by atoms with Crippen LogP contribution in [0.1, 0.15) is 11.1 Å². The van der Waals surface area contributed by atoms with Crippen molar-refractivity contribution in [3.63, 3.8) is 0 Å². The molecule has 0 bridgehead atoms. The topological polar surface area (TPSA) is 69.7 Å². The average molecular weight is 347 g/mol. The Morgan fingerprint density at radius 3 is 3.04 bits per heavy atom. The second-order valence-corrected chi connectivity index (χ2v) is 5.40. The van der Waals surface area contributed by atoms with Crippen LogP contribution in [0.25, 0.3) is 6.08 Å². The lowest BCUT2D eigenvalue weighted by Gasteiger charge is -2.04. The van der Waals surface area contributed by atoms with Gasteiger partial charge in [-0.2, -0.15) is 0 Å². The van der Waals surface area contributed by atoms with E-state index in [0.717, 1.165) is 11.1 Å². The van der Waals surface area contributed by atoms with Crippen LogP contribution < -0.4 is 19.5 Å². The highest BCUT2D eigenvalue weighted by molar-refractivity contribution is 6.32. The molecule has 1 aromatic heterocycles. The summed E-state index contributed by atoms with van der Waals surface area (Å²) in [5.41, 5.74) is 1.63. The molecule has 1 amide bonds. The zero-order valence-electron chi connectivity index (χ0n) is 12.9. The van der Waals surface area contributed by atoms with Gasteiger partial charge in [-0.25, -0.2) is 4.98 Å². The highest BCUT2D eigenvalue weighted by atomic mass is 35.5. The number of pyridine rings is 1. The maximum absolute atomic E-state index is 11.9. The van der Waals surface area contributed by atoms with Gasteiger partial charge in [0.1, 0.15) is 0 Å². The zero-order valence-corrected chi connectivity index (χ0v) is 13.7. The molecule has 1 N–H and O–H groups in total. The first-order chi connectivity index (χ1) is 11.7. The SMILES string of the molecule is COc1ccc(CNC(=O)/C=C/c2cc(Cl)c3c(c2)OCO3)cn1. The number of hydrogen-bond acceptors (Lipinski definition) is 5. The number of ether oxygens (including phenoxy) is 3. The Balaban J connectivity index is 1.58. The Labute approximate surface area is 144 Å². The number of nitrogens with zero attached hydrogens (tertiary/aromatic N) is 1. The second kappa shape index (κ2) is 7.23. The van der Waals surface area contributed by atoms with Gasteiger partial charge in [-0.05, 0) is 29.3 Å². The van der Waals surface area contributed by atoms with E-state index in [4.69, 9.17) is 25.8 Å². The largest absolute Gasteiger partial charge is 0.481 e. The van der Waals surface area contributed by atoms with Gasteiger partial charge in [0.2, 0.25) is 18.6 Å². The molecule has 3 rings (SSSR count). The smallest absolute Gasteiger partial charge is 0.244 e. The molecule has 2 heterocycles. The Bertz CT molecular complexity index is 775. The van der Waals surface area contributed by atoms with Crippen molar-refractivity contribution in [2.45, 2.75) is 6.54 Å². The molecule has 0 saturated heterocycles. The molecule has 1 aromatic carbocycles. The van der Waals surface area contributed by atoms with Crippen LogP contribution in [0.5, 0.6) is 17.4 Å². The first kappa shape index (κ1) is 16.1. The van der Waals surface area contributed by atoms with Crippen molar-refractivity contribution < 1.29 is 19.0 Å². The third-order valence-electron chi connectivity index (χ3n) is 3.35. The summed E-state index contributed by atoms with van der Waals surface area (Å²) in [5.74, 6) is 1.42. The predicted molar refractivity (Wildman–Crippen MR) is 89.2 cm³/mol. The number of benzene rings is 1. The summed E-state index contributed by atoms with van der Waals surface area (Å²) in [6, 6.07) is 7.07. The van der Waals surface area contributed by atoms with Gasteiger partial charge >= 0.3 is 0 Å². The summed E-state index contributed by atoms with van der Waals surface area (Å²) < 4.78 is 15.5. The van der Waals surface area contributed by atoms with E-state index in [2.05, 4.69) is 10.3 Å². The van der Waals surface area contributed by atoms with Crippen molar-refractivity contribution in [3.05, 3.63) is 52.7 Å². The molecule has 0 fully saturated rings. The van der Waals surface area contributed by atoms with Crippen LogP contribution in [0.15, 0.2) is 36.5 Å². The fraction of sp³-hybridized carbons (Fsp3) is 0.176. The van der Waals surface area contributed by atoms with Crippen LogP contribution in [0.4, 0.5) is 0 Å². The van der Waals surface area contributed by atoms with E-state index in [1.54, 1.807) is 37.6 Å². The van der Waals surface area contributed by atoms with Gasteiger partial charge in [-0.3, -0.25) is 4.79 Å². The Hall–Kier alpha value is -2.73. The van der Waals surface area contributed by atoms with Crippen LogP contribution in [-0.2, 0) is 11.3 Å². The normalized spacial score (nSPS) is 12.4. The molecule has 1 aliphatic heterocycles. The van der Waals surface area contributed by atoms with E-state index < -0.39 is 0 Å². The molecular weight excluding hydrogens is 332 g/mol. The number of fused-ring (bicyclic) bond motifs is 1. The van der Waals surface area contributed by atoms with Gasteiger partial charge in [0.15, 0.2) is 11.5 Å². The molecule has 24 heavy (non-hydrogen) atoms. The lowest BCUT2D eigenvalue weighted by Crippen LogP contribution is -2.20. The molecule has 0 atom stereocenters. The maximum Gasteiger partial charge on any atom is 0.244 e. The maximum atomic E-state index is 11.9. The predicted octanol–water partition coefficient (Wildman–Crippen LogP) is 2.80. The van der Waals surface area contributed by atoms with E-state index >= 15 is 0 Å². The van der Waals surface area contributed by atoms with E-state index in [1.807, 2.05) is 6.07 Å².